The molecule has 0 aromatic carbocycles. The number of ether oxygens (including phenoxy) is 1. The van der Waals surface area contributed by atoms with Crippen LogP contribution in [0.5, 0.6) is 0 Å². The lowest BCUT2D eigenvalue weighted by Gasteiger charge is -2.22. The summed E-state index contributed by atoms with van der Waals surface area (Å²) in [6.45, 7) is 0.593. The van der Waals surface area contributed by atoms with Gasteiger partial charge in [0.1, 0.15) is 18.5 Å². The second-order valence-electron chi connectivity index (χ2n) is 5.48. The van der Waals surface area contributed by atoms with Crippen molar-refractivity contribution in [3.63, 3.8) is 0 Å². The number of carbonyl (C=O) groups excluding carboxylic acids is 2. The molecule has 0 radical (unpaired) electrons. The number of amides is 1. The van der Waals surface area contributed by atoms with Crippen molar-refractivity contribution in [1.29, 1.82) is 0 Å². The van der Waals surface area contributed by atoms with E-state index >= 15 is 0 Å². The first-order chi connectivity index (χ1) is 13.2. The number of nitrogen functional groups attached to an aromatic ring is 1. The smallest absolute Gasteiger partial charge is 0.396 e. The molecule has 28 heavy (non-hydrogen) atoms. The SMILES string of the molecule is NCCN(CCOC(=O)C(=O)N[C@H](CCC(=O)O)C(=O)O)c1ccnc(N)n1. The van der Waals surface area contributed by atoms with Crippen molar-refractivity contribution in [1.82, 2.24) is 15.3 Å². The first-order valence-electron chi connectivity index (χ1n) is 8.20. The van der Waals surface area contributed by atoms with Gasteiger partial charge in [0.15, 0.2) is 0 Å². The van der Waals surface area contributed by atoms with E-state index in [1.165, 1.54) is 6.20 Å². The van der Waals surface area contributed by atoms with Gasteiger partial charge in [-0.2, -0.15) is 4.98 Å². The molecule has 1 aromatic heterocycles. The van der Waals surface area contributed by atoms with Crippen LogP contribution in [0.4, 0.5) is 11.8 Å². The van der Waals surface area contributed by atoms with E-state index in [1.54, 1.807) is 11.0 Å². The van der Waals surface area contributed by atoms with Gasteiger partial charge in [-0.05, 0) is 12.5 Å². The largest absolute Gasteiger partial charge is 0.481 e. The van der Waals surface area contributed by atoms with Crippen molar-refractivity contribution in [3.05, 3.63) is 12.3 Å². The highest BCUT2D eigenvalue weighted by Crippen LogP contribution is 2.09. The molecule has 0 aliphatic rings. The van der Waals surface area contributed by atoms with Gasteiger partial charge in [-0.15, -0.1) is 0 Å². The highest BCUT2D eigenvalue weighted by Gasteiger charge is 2.25. The van der Waals surface area contributed by atoms with E-state index in [1.807, 2.05) is 5.32 Å². The van der Waals surface area contributed by atoms with Crippen LogP contribution in [0.15, 0.2) is 12.3 Å². The Bertz CT molecular complexity index is 714. The summed E-state index contributed by atoms with van der Waals surface area (Å²) in [7, 11) is 0. The van der Waals surface area contributed by atoms with Gasteiger partial charge in [-0.25, -0.2) is 14.6 Å². The van der Waals surface area contributed by atoms with Crippen LogP contribution >= 0.6 is 0 Å². The first-order valence-corrected chi connectivity index (χ1v) is 8.20. The number of aromatic nitrogens is 2. The standard InChI is InChI=1S/C15H22N6O7/c16-4-6-21(10-3-5-18-15(17)20-10)7-8-28-14(27)12(24)19-9(13(25)26)1-2-11(22)23/h3,5,9H,1-2,4,6-8,16H2,(H,19,24)(H,22,23)(H,25,26)(H2,17,18,20)/t9-/m1/s1. The molecule has 1 aromatic rings. The lowest BCUT2D eigenvalue weighted by atomic mass is 10.1. The van der Waals surface area contributed by atoms with Crippen LogP contribution in [-0.2, 0) is 23.9 Å². The molecule has 13 nitrogen and oxygen atoms in total. The third kappa shape index (κ3) is 7.82. The summed E-state index contributed by atoms with van der Waals surface area (Å²) in [5, 5.41) is 19.5. The monoisotopic (exact) mass is 398 g/mol. The minimum absolute atomic E-state index is 0.0527. The Morgan fingerprint density at radius 1 is 1.25 bits per heavy atom. The minimum atomic E-state index is -1.52. The second kappa shape index (κ2) is 11.3. The zero-order valence-electron chi connectivity index (χ0n) is 14.9. The number of esters is 1. The summed E-state index contributed by atoms with van der Waals surface area (Å²) in [5.41, 5.74) is 11.1. The van der Waals surface area contributed by atoms with E-state index in [0.717, 1.165) is 0 Å². The third-order valence-corrected chi connectivity index (χ3v) is 3.41. The van der Waals surface area contributed by atoms with E-state index in [2.05, 4.69) is 9.97 Å². The number of aliphatic carboxylic acids is 2. The van der Waals surface area contributed by atoms with Crippen LogP contribution < -0.4 is 21.7 Å². The van der Waals surface area contributed by atoms with E-state index in [0.29, 0.717) is 12.4 Å². The number of nitrogens with one attached hydrogen (secondary N) is 1. The predicted octanol–water partition coefficient (Wildman–Crippen LogP) is -2.20. The topological polar surface area (TPSA) is 211 Å². The number of carboxylic acids is 2. The zero-order valence-corrected chi connectivity index (χ0v) is 14.9. The van der Waals surface area contributed by atoms with E-state index in [-0.39, 0.29) is 32.1 Å². The number of nitrogens with zero attached hydrogens (tertiary/aromatic N) is 3. The molecule has 1 amide bonds. The highest BCUT2D eigenvalue weighted by atomic mass is 16.5. The fraction of sp³-hybridized carbons (Fsp3) is 0.467. The maximum atomic E-state index is 11.8. The number of carbonyl (C=O) groups is 4. The van der Waals surface area contributed by atoms with Gasteiger partial charge in [-0.3, -0.25) is 9.59 Å². The van der Waals surface area contributed by atoms with Crippen molar-refractivity contribution in [2.45, 2.75) is 18.9 Å². The predicted molar refractivity (Wildman–Crippen MR) is 95.1 cm³/mol. The highest BCUT2D eigenvalue weighted by molar-refractivity contribution is 6.32. The molecule has 7 N–H and O–H groups in total. The van der Waals surface area contributed by atoms with Crippen molar-refractivity contribution < 1.29 is 34.1 Å². The number of hydrogen-bond acceptors (Lipinski definition) is 10. The zero-order chi connectivity index (χ0) is 21.1. The Labute approximate surface area is 159 Å². The summed E-state index contributed by atoms with van der Waals surface area (Å²) in [4.78, 5) is 54.5. The quantitative estimate of drug-likeness (QED) is 0.198. The van der Waals surface area contributed by atoms with Gasteiger partial charge < -0.3 is 36.6 Å². The average Bonchev–Trinajstić information content (AvgIpc) is 2.63. The van der Waals surface area contributed by atoms with Gasteiger partial charge in [0.2, 0.25) is 5.95 Å². The van der Waals surface area contributed by atoms with E-state index < -0.39 is 36.3 Å². The lowest BCUT2D eigenvalue weighted by Crippen LogP contribution is -2.45. The summed E-state index contributed by atoms with van der Waals surface area (Å²) >= 11 is 0. The second-order valence-corrected chi connectivity index (χ2v) is 5.48. The van der Waals surface area contributed by atoms with Gasteiger partial charge in [0.25, 0.3) is 0 Å². The average molecular weight is 398 g/mol. The van der Waals surface area contributed by atoms with Gasteiger partial charge in [0, 0.05) is 25.7 Å². The van der Waals surface area contributed by atoms with Crippen LogP contribution in [0.25, 0.3) is 0 Å². The molecule has 0 spiro atoms. The van der Waals surface area contributed by atoms with Crippen molar-refractivity contribution in [2.75, 3.05) is 36.9 Å². The molecule has 0 saturated carbocycles. The van der Waals surface area contributed by atoms with Crippen LogP contribution in [0, 0.1) is 0 Å². The van der Waals surface area contributed by atoms with Crippen LogP contribution in [0.1, 0.15) is 12.8 Å². The van der Waals surface area contributed by atoms with Crippen LogP contribution in [0.3, 0.4) is 0 Å². The molecule has 0 unspecified atom stereocenters. The number of hydrogen-bond donors (Lipinski definition) is 5. The Kier molecular flexibility index (Phi) is 9.09. The summed E-state index contributed by atoms with van der Waals surface area (Å²) < 4.78 is 4.82. The summed E-state index contributed by atoms with van der Waals surface area (Å²) in [5.74, 6) is -4.76. The Balaban J connectivity index is 2.55. The maximum absolute atomic E-state index is 11.8. The molecule has 1 heterocycles. The van der Waals surface area contributed by atoms with E-state index in [9.17, 15) is 19.2 Å². The molecule has 0 bridgehead atoms. The lowest BCUT2D eigenvalue weighted by molar-refractivity contribution is -0.156. The molecule has 1 rings (SSSR count). The Hall–Kier alpha value is -3.48. The third-order valence-electron chi connectivity index (χ3n) is 3.41. The number of rotatable bonds is 11. The van der Waals surface area contributed by atoms with E-state index in [4.69, 9.17) is 26.4 Å². The molecule has 0 aliphatic carbocycles. The number of carboxylic acid groups (broad SMARTS) is 2. The molecule has 13 heteroatoms. The van der Waals surface area contributed by atoms with Crippen molar-refractivity contribution in [3.8, 4) is 0 Å². The molecule has 0 saturated heterocycles. The molecule has 1 atom stereocenters. The summed E-state index contributed by atoms with van der Waals surface area (Å²) in [6, 6.07) is 0.0642. The Morgan fingerprint density at radius 2 is 1.96 bits per heavy atom. The summed E-state index contributed by atoms with van der Waals surface area (Å²) in [6.07, 6.45) is 0.593. The van der Waals surface area contributed by atoms with Crippen molar-refractivity contribution >= 4 is 35.6 Å². The van der Waals surface area contributed by atoms with Crippen LogP contribution in [0.2, 0.25) is 0 Å². The fourth-order valence-electron chi connectivity index (χ4n) is 2.09. The molecule has 0 fully saturated rings. The Morgan fingerprint density at radius 3 is 2.54 bits per heavy atom. The number of anilines is 2. The first kappa shape index (κ1) is 22.6. The molecular formula is C15H22N6O7. The van der Waals surface area contributed by atoms with Crippen LogP contribution in [-0.4, -0.2) is 76.3 Å². The van der Waals surface area contributed by atoms with Gasteiger partial charge >= 0.3 is 23.8 Å². The molecule has 154 valence electrons. The molecule has 0 aliphatic heterocycles. The van der Waals surface area contributed by atoms with Crippen molar-refractivity contribution in [2.24, 2.45) is 5.73 Å². The van der Waals surface area contributed by atoms with Gasteiger partial charge in [-0.1, -0.05) is 0 Å². The molecular weight excluding hydrogens is 376 g/mol. The fourth-order valence-corrected chi connectivity index (χ4v) is 2.09. The number of nitrogens with two attached hydrogens (primary N) is 2. The van der Waals surface area contributed by atoms with Gasteiger partial charge in [0.05, 0.1) is 6.54 Å². The normalized spacial score (nSPS) is 11.3. The maximum Gasteiger partial charge on any atom is 0.396 e. The minimum Gasteiger partial charge on any atom is -0.481 e.